The number of hydrogen-bond donors (Lipinski definition) is 0. The van der Waals surface area contributed by atoms with Gasteiger partial charge in [-0.1, -0.05) is 37.3 Å². The molecule has 1 heterocycles. The fraction of sp³-hybridized carbons (Fsp3) is 0.316. The van der Waals surface area contributed by atoms with Crippen LogP contribution in [-0.2, 0) is 0 Å². The third-order valence-corrected chi connectivity index (χ3v) is 4.36. The van der Waals surface area contributed by atoms with E-state index < -0.39 is 0 Å². The van der Waals surface area contributed by atoms with Crippen molar-refractivity contribution in [3.8, 4) is 11.1 Å². The Morgan fingerprint density at radius 3 is 2.35 bits per heavy atom. The summed E-state index contributed by atoms with van der Waals surface area (Å²) in [4.78, 5) is 16.8. The fourth-order valence-electron chi connectivity index (χ4n) is 2.96. The minimum Gasteiger partial charge on any atom is -0.336 e. The molecule has 1 aliphatic rings. The molecule has 0 spiro atoms. The first kappa shape index (κ1) is 15.7. The van der Waals surface area contributed by atoms with Crippen molar-refractivity contribution in [2.45, 2.75) is 6.92 Å². The summed E-state index contributed by atoms with van der Waals surface area (Å²) in [7, 11) is 0. The third-order valence-electron chi connectivity index (χ3n) is 4.36. The molecule has 3 nitrogen and oxygen atoms in total. The molecule has 1 saturated heterocycles. The molecule has 0 radical (unpaired) electrons. The average Bonchev–Trinajstić information content (AvgIpc) is 2.61. The Morgan fingerprint density at radius 2 is 1.70 bits per heavy atom. The zero-order valence-electron chi connectivity index (χ0n) is 13.3. The van der Waals surface area contributed by atoms with E-state index in [0.717, 1.165) is 30.8 Å². The normalized spacial score (nSPS) is 15.7. The van der Waals surface area contributed by atoms with Crippen LogP contribution in [0.3, 0.4) is 0 Å². The lowest BCUT2D eigenvalue weighted by Crippen LogP contribution is -2.48. The van der Waals surface area contributed by atoms with Gasteiger partial charge in [0, 0.05) is 31.7 Å². The van der Waals surface area contributed by atoms with E-state index in [2.05, 4.69) is 11.8 Å². The second-order valence-electron chi connectivity index (χ2n) is 5.82. The molecule has 1 fully saturated rings. The van der Waals surface area contributed by atoms with E-state index in [4.69, 9.17) is 0 Å². The number of halogens is 1. The van der Waals surface area contributed by atoms with Crippen LogP contribution in [0, 0.1) is 5.82 Å². The maximum Gasteiger partial charge on any atom is 0.254 e. The number of carbonyl (C=O) groups excluding carboxylic acids is 1. The number of carbonyl (C=O) groups is 1. The number of likely N-dealkylation sites (N-methyl/N-ethyl adjacent to an activating group) is 1. The Balaban J connectivity index is 1.83. The van der Waals surface area contributed by atoms with E-state index in [0.29, 0.717) is 18.7 Å². The zero-order valence-corrected chi connectivity index (χ0v) is 13.3. The SMILES string of the molecule is CCN1CCN(C(=O)c2cc(F)cc(-c3ccccc3)c2)CC1. The van der Waals surface area contributed by atoms with Crippen LogP contribution in [0.1, 0.15) is 17.3 Å². The van der Waals surface area contributed by atoms with Crippen molar-refractivity contribution < 1.29 is 9.18 Å². The molecule has 2 aromatic carbocycles. The molecule has 2 aromatic rings. The van der Waals surface area contributed by atoms with E-state index in [1.165, 1.54) is 12.1 Å². The minimum absolute atomic E-state index is 0.0857. The Kier molecular flexibility index (Phi) is 4.72. The van der Waals surface area contributed by atoms with Crippen molar-refractivity contribution in [2.75, 3.05) is 32.7 Å². The summed E-state index contributed by atoms with van der Waals surface area (Å²) >= 11 is 0. The summed E-state index contributed by atoms with van der Waals surface area (Å²) in [5.41, 5.74) is 2.08. The number of amides is 1. The lowest BCUT2D eigenvalue weighted by atomic mass is 10.0. The Labute approximate surface area is 136 Å². The Bertz CT molecular complexity index is 679. The predicted molar refractivity (Wildman–Crippen MR) is 89.9 cm³/mol. The molecule has 4 heteroatoms. The van der Waals surface area contributed by atoms with Gasteiger partial charge in [-0.05, 0) is 35.9 Å². The average molecular weight is 312 g/mol. The van der Waals surface area contributed by atoms with Crippen molar-refractivity contribution in [2.24, 2.45) is 0 Å². The van der Waals surface area contributed by atoms with E-state index in [1.54, 1.807) is 6.07 Å². The highest BCUT2D eigenvalue weighted by atomic mass is 19.1. The summed E-state index contributed by atoms with van der Waals surface area (Å²) in [5, 5.41) is 0. The van der Waals surface area contributed by atoms with Crippen LogP contribution in [0.25, 0.3) is 11.1 Å². The van der Waals surface area contributed by atoms with Crippen molar-refractivity contribution in [3.05, 3.63) is 59.9 Å². The highest BCUT2D eigenvalue weighted by Crippen LogP contribution is 2.23. The molecule has 0 bridgehead atoms. The Morgan fingerprint density at radius 1 is 1.00 bits per heavy atom. The van der Waals surface area contributed by atoms with Crippen molar-refractivity contribution in [1.29, 1.82) is 0 Å². The molecule has 3 rings (SSSR count). The summed E-state index contributed by atoms with van der Waals surface area (Å²) in [6, 6.07) is 14.2. The molecule has 0 unspecified atom stereocenters. The lowest BCUT2D eigenvalue weighted by Gasteiger charge is -2.34. The molecule has 0 N–H and O–H groups in total. The van der Waals surface area contributed by atoms with Gasteiger partial charge in [0.1, 0.15) is 5.82 Å². The van der Waals surface area contributed by atoms with E-state index >= 15 is 0 Å². The van der Waals surface area contributed by atoms with Crippen LogP contribution in [-0.4, -0.2) is 48.4 Å². The van der Waals surface area contributed by atoms with Gasteiger partial charge in [-0.2, -0.15) is 0 Å². The second kappa shape index (κ2) is 6.92. The molecule has 0 aliphatic carbocycles. The van der Waals surface area contributed by atoms with Crippen LogP contribution < -0.4 is 0 Å². The number of rotatable bonds is 3. The third kappa shape index (κ3) is 3.59. The van der Waals surface area contributed by atoms with Gasteiger partial charge in [0.15, 0.2) is 0 Å². The Hall–Kier alpha value is -2.20. The van der Waals surface area contributed by atoms with Crippen molar-refractivity contribution in [3.63, 3.8) is 0 Å². The zero-order chi connectivity index (χ0) is 16.2. The number of piperazine rings is 1. The first-order valence-electron chi connectivity index (χ1n) is 8.05. The summed E-state index contributed by atoms with van der Waals surface area (Å²) in [5.74, 6) is -0.459. The maximum atomic E-state index is 14.0. The first-order chi connectivity index (χ1) is 11.2. The van der Waals surface area contributed by atoms with Crippen LogP contribution in [0.4, 0.5) is 4.39 Å². The van der Waals surface area contributed by atoms with Gasteiger partial charge in [0.2, 0.25) is 0 Å². The number of hydrogen-bond acceptors (Lipinski definition) is 2. The quantitative estimate of drug-likeness (QED) is 0.868. The fourth-order valence-corrected chi connectivity index (χ4v) is 2.96. The van der Waals surface area contributed by atoms with Gasteiger partial charge in [0.25, 0.3) is 5.91 Å². The number of nitrogens with zero attached hydrogens (tertiary/aromatic N) is 2. The van der Waals surface area contributed by atoms with Gasteiger partial charge in [-0.3, -0.25) is 4.79 Å². The molecule has 1 aliphatic heterocycles. The monoisotopic (exact) mass is 312 g/mol. The van der Waals surface area contributed by atoms with Gasteiger partial charge in [0.05, 0.1) is 0 Å². The van der Waals surface area contributed by atoms with Crippen LogP contribution in [0.15, 0.2) is 48.5 Å². The number of benzene rings is 2. The lowest BCUT2D eigenvalue weighted by molar-refractivity contribution is 0.0643. The molecular formula is C19H21FN2O. The van der Waals surface area contributed by atoms with Gasteiger partial charge in [-0.15, -0.1) is 0 Å². The smallest absolute Gasteiger partial charge is 0.254 e. The largest absolute Gasteiger partial charge is 0.336 e. The van der Waals surface area contributed by atoms with Gasteiger partial charge in [-0.25, -0.2) is 4.39 Å². The second-order valence-corrected chi connectivity index (χ2v) is 5.82. The summed E-state index contributed by atoms with van der Waals surface area (Å²) in [6.07, 6.45) is 0. The van der Waals surface area contributed by atoms with E-state index in [1.807, 2.05) is 35.2 Å². The molecule has 120 valence electrons. The topological polar surface area (TPSA) is 23.6 Å². The molecule has 0 atom stereocenters. The molecule has 23 heavy (non-hydrogen) atoms. The predicted octanol–water partition coefficient (Wildman–Crippen LogP) is 3.27. The highest BCUT2D eigenvalue weighted by Gasteiger charge is 2.22. The van der Waals surface area contributed by atoms with E-state index in [-0.39, 0.29) is 11.7 Å². The summed E-state index contributed by atoms with van der Waals surface area (Å²) < 4.78 is 14.0. The van der Waals surface area contributed by atoms with Crippen LogP contribution in [0.2, 0.25) is 0 Å². The molecule has 0 saturated carbocycles. The molecular weight excluding hydrogens is 291 g/mol. The minimum atomic E-state index is -0.373. The van der Waals surface area contributed by atoms with Crippen molar-refractivity contribution in [1.82, 2.24) is 9.80 Å². The highest BCUT2D eigenvalue weighted by molar-refractivity contribution is 5.95. The van der Waals surface area contributed by atoms with Crippen LogP contribution >= 0.6 is 0 Å². The summed E-state index contributed by atoms with van der Waals surface area (Å²) in [6.45, 7) is 6.27. The maximum absolute atomic E-state index is 14.0. The van der Waals surface area contributed by atoms with Crippen molar-refractivity contribution >= 4 is 5.91 Å². The van der Waals surface area contributed by atoms with E-state index in [9.17, 15) is 9.18 Å². The van der Waals surface area contributed by atoms with Gasteiger partial charge < -0.3 is 9.80 Å². The standard InChI is InChI=1S/C19H21FN2O/c1-2-21-8-10-22(11-9-21)19(23)17-12-16(13-18(20)14-17)15-6-4-3-5-7-15/h3-7,12-14H,2,8-11H2,1H3. The molecule has 0 aromatic heterocycles. The van der Waals surface area contributed by atoms with Gasteiger partial charge >= 0.3 is 0 Å². The first-order valence-corrected chi connectivity index (χ1v) is 8.05. The van der Waals surface area contributed by atoms with Crippen LogP contribution in [0.5, 0.6) is 0 Å². The molecule has 1 amide bonds.